The minimum Gasteiger partial charge on any atom is -0.338 e. The van der Waals surface area contributed by atoms with E-state index in [1.54, 1.807) is 23.1 Å². The van der Waals surface area contributed by atoms with Crippen LogP contribution in [0.4, 0.5) is 10.2 Å². The van der Waals surface area contributed by atoms with Gasteiger partial charge in [0.25, 0.3) is 5.91 Å². The van der Waals surface area contributed by atoms with E-state index < -0.39 is 0 Å². The summed E-state index contributed by atoms with van der Waals surface area (Å²) in [7, 11) is 0. The van der Waals surface area contributed by atoms with Crippen LogP contribution < -0.4 is 4.90 Å². The zero-order valence-corrected chi connectivity index (χ0v) is 18.5. The van der Waals surface area contributed by atoms with Gasteiger partial charge in [-0.05, 0) is 43.5 Å². The number of aromatic nitrogens is 2. The van der Waals surface area contributed by atoms with E-state index in [9.17, 15) is 14.0 Å². The summed E-state index contributed by atoms with van der Waals surface area (Å²) in [4.78, 5) is 38.5. The number of halogens is 1. The fourth-order valence-electron chi connectivity index (χ4n) is 4.66. The number of hydrogen-bond acceptors (Lipinski definition) is 4. The Morgan fingerprint density at radius 2 is 1.85 bits per heavy atom. The van der Waals surface area contributed by atoms with E-state index in [0.29, 0.717) is 48.8 Å². The quantitative estimate of drug-likeness (QED) is 0.602. The summed E-state index contributed by atoms with van der Waals surface area (Å²) < 4.78 is 14.1. The Kier molecular flexibility index (Phi) is 5.62. The molecule has 33 heavy (non-hydrogen) atoms. The number of carbonyl (C=O) groups is 2. The molecule has 0 spiro atoms. The lowest BCUT2D eigenvalue weighted by Gasteiger charge is -2.19. The molecular formula is C26H25FN4O2. The van der Waals surface area contributed by atoms with Gasteiger partial charge in [-0.1, -0.05) is 36.4 Å². The van der Waals surface area contributed by atoms with Crippen LogP contribution in [0.1, 0.15) is 45.3 Å². The number of aryl methyl sites for hydroxylation is 1. The molecule has 1 unspecified atom stereocenters. The fourth-order valence-corrected chi connectivity index (χ4v) is 4.66. The van der Waals surface area contributed by atoms with Crippen LogP contribution in [0.3, 0.4) is 0 Å². The molecule has 0 radical (unpaired) electrons. The Balaban J connectivity index is 1.35. The van der Waals surface area contributed by atoms with Gasteiger partial charge >= 0.3 is 0 Å². The van der Waals surface area contributed by atoms with E-state index >= 15 is 0 Å². The van der Waals surface area contributed by atoms with Crippen molar-refractivity contribution in [2.75, 3.05) is 24.5 Å². The monoisotopic (exact) mass is 444 g/mol. The second-order valence-electron chi connectivity index (χ2n) is 8.64. The number of hydrogen-bond donors (Lipinski definition) is 0. The number of fused-ring (bicyclic) bond motifs is 1. The number of rotatable bonds is 5. The Morgan fingerprint density at radius 3 is 2.64 bits per heavy atom. The summed E-state index contributed by atoms with van der Waals surface area (Å²) in [5.74, 6) is 1.02. The predicted molar refractivity (Wildman–Crippen MR) is 123 cm³/mol. The number of nitrogens with zero attached hydrogens (tertiary/aromatic N) is 4. The molecular weight excluding hydrogens is 419 g/mol. The number of amides is 2. The van der Waals surface area contributed by atoms with E-state index in [1.807, 2.05) is 42.2 Å². The lowest BCUT2D eigenvalue weighted by molar-refractivity contribution is -0.117. The first-order valence-corrected chi connectivity index (χ1v) is 11.3. The van der Waals surface area contributed by atoms with Crippen molar-refractivity contribution in [3.05, 3.63) is 88.6 Å². The third-order valence-corrected chi connectivity index (χ3v) is 6.52. The zero-order valence-electron chi connectivity index (χ0n) is 18.5. The van der Waals surface area contributed by atoms with Gasteiger partial charge in [0.2, 0.25) is 5.91 Å². The molecule has 2 aliphatic heterocycles. The smallest absolute Gasteiger partial charge is 0.253 e. The van der Waals surface area contributed by atoms with Gasteiger partial charge in [-0.25, -0.2) is 14.4 Å². The van der Waals surface area contributed by atoms with E-state index in [-0.39, 0.29) is 30.0 Å². The van der Waals surface area contributed by atoms with Crippen molar-refractivity contribution in [1.82, 2.24) is 14.9 Å². The van der Waals surface area contributed by atoms with Crippen molar-refractivity contribution >= 4 is 17.6 Å². The maximum absolute atomic E-state index is 14.1. The largest absolute Gasteiger partial charge is 0.338 e. The molecule has 168 valence electrons. The van der Waals surface area contributed by atoms with Gasteiger partial charge in [-0.2, -0.15) is 0 Å². The normalized spacial score (nSPS) is 17.5. The average Bonchev–Trinajstić information content (AvgIpc) is 3.44. The van der Waals surface area contributed by atoms with Crippen LogP contribution in [-0.4, -0.2) is 46.3 Å². The molecule has 6 nitrogen and oxygen atoms in total. The highest BCUT2D eigenvalue weighted by Crippen LogP contribution is 2.33. The van der Waals surface area contributed by atoms with Gasteiger partial charge < -0.3 is 4.90 Å². The Labute approximate surface area is 192 Å². The second-order valence-corrected chi connectivity index (χ2v) is 8.64. The standard InChI is InChI=1S/C26H25FN4O2/c1-17-21-15-23(32)31(14-12-18-7-5-6-10-22(18)27)25(21)29-24(28-17)20-11-13-30(16-20)26(33)19-8-3-2-4-9-19/h2-10,20H,11-16H2,1H3. The predicted octanol–water partition coefficient (Wildman–Crippen LogP) is 3.69. The van der Waals surface area contributed by atoms with Crippen molar-refractivity contribution in [2.45, 2.75) is 32.1 Å². The first-order valence-electron chi connectivity index (χ1n) is 11.3. The van der Waals surface area contributed by atoms with E-state index in [0.717, 1.165) is 17.7 Å². The molecule has 2 amide bonds. The van der Waals surface area contributed by atoms with Gasteiger partial charge in [-0.3, -0.25) is 14.5 Å². The van der Waals surface area contributed by atoms with Crippen LogP contribution in [0.25, 0.3) is 0 Å². The van der Waals surface area contributed by atoms with Gasteiger partial charge in [0.05, 0.1) is 6.42 Å². The van der Waals surface area contributed by atoms with E-state index in [1.165, 1.54) is 6.07 Å². The molecule has 2 aliphatic rings. The molecule has 2 aromatic carbocycles. The molecule has 1 fully saturated rings. The summed E-state index contributed by atoms with van der Waals surface area (Å²) in [5, 5.41) is 0. The summed E-state index contributed by atoms with van der Waals surface area (Å²) >= 11 is 0. The lowest BCUT2D eigenvalue weighted by atomic mass is 10.1. The third kappa shape index (κ3) is 4.11. The Hall–Kier alpha value is -3.61. The molecule has 3 heterocycles. The second kappa shape index (κ2) is 8.73. The number of anilines is 1. The maximum atomic E-state index is 14.1. The van der Waals surface area contributed by atoms with Crippen molar-refractivity contribution in [2.24, 2.45) is 0 Å². The summed E-state index contributed by atoms with van der Waals surface area (Å²) in [6.07, 6.45) is 1.46. The topological polar surface area (TPSA) is 66.4 Å². The molecule has 1 atom stereocenters. The van der Waals surface area contributed by atoms with E-state index in [4.69, 9.17) is 9.97 Å². The molecule has 0 aliphatic carbocycles. The van der Waals surface area contributed by atoms with Crippen molar-refractivity contribution < 1.29 is 14.0 Å². The van der Waals surface area contributed by atoms with Crippen molar-refractivity contribution in [3.63, 3.8) is 0 Å². The van der Waals surface area contributed by atoms with Crippen molar-refractivity contribution in [1.29, 1.82) is 0 Å². The van der Waals surface area contributed by atoms with Crippen molar-refractivity contribution in [3.8, 4) is 0 Å². The van der Waals surface area contributed by atoms with Gasteiger partial charge in [0.15, 0.2) is 0 Å². The molecule has 0 bridgehead atoms. The number of benzene rings is 2. The third-order valence-electron chi connectivity index (χ3n) is 6.52. The highest BCUT2D eigenvalue weighted by molar-refractivity contribution is 6.00. The SMILES string of the molecule is Cc1nc(C2CCN(C(=O)c3ccccc3)C2)nc2c1CC(=O)N2CCc1ccccc1F. The minimum atomic E-state index is -0.266. The lowest BCUT2D eigenvalue weighted by Crippen LogP contribution is -2.30. The first kappa shape index (κ1) is 21.2. The van der Waals surface area contributed by atoms with Crippen LogP contribution in [-0.2, 0) is 17.6 Å². The molecule has 0 saturated carbocycles. The number of likely N-dealkylation sites (tertiary alicyclic amines) is 1. The maximum Gasteiger partial charge on any atom is 0.253 e. The molecule has 7 heteroatoms. The molecule has 3 aromatic rings. The highest BCUT2D eigenvalue weighted by atomic mass is 19.1. The number of carbonyl (C=O) groups excluding carboxylic acids is 2. The summed E-state index contributed by atoms with van der Waals surface area (Å²) in [6.45, 7) is 3.47. The fraction of sp³-hybridized carbons (Fsp3) is 0.308. The Bertz CT molecular complexity index is 1210. The van der Waals surface area contributed by atoms with Gasteiger partial charge in [0, 0.05) is 42.4 Å². The van der Waals surface area contributed by atoms with Crippen LogP contribution >= 0.6 is 0 Å². The molecule has 0 N–H and O–H groups in total. The molecule has 5 rings (SSSR count). The summed E-state index contributed by atoms with van der Waals surface area (Å²) in [6, 6.07) is 15.9. The molecule has 1 saturated heterocycles. The van der Waals surface area contributed by atoms with Crippen LogP contribution in [0, 0.1) is 12.7 Å². The highest BCUT2D eigenvalue weighted by Gasteiger charge is 2.35. The first-order chi connectivity index (χ1) is 16.0. The Morgan fingerprint density at radius 1 is 1.09 bits per heavy atom. The van der Waals surface area contributed by atoms with Gasteiger partial charge in [0.1, 0.15) is 17.5 Å². The van der Waals surface area contributed by atoms with Crippen LogP contribution in [0.5, 0.6) is 0 Å². The average molecular weight is 445 g/mol. The molecule has 1 aromatic heterocycles. The van der Waals surface area contributed by atoms with Crippen LogP contribution in [0.15, 0.2) is 54.6 Å². The van der Waals surface area contributed by atoms with E-state index in [2.05, 4.69) is 0 Å². The zero-order chi connectivity index (χ0) is 22.9. The van der Waals surface area contributed by atoms with Crippen LogP contribution in [0.2, 0.25) is 0 Å². The summed E-state index contributed by atoms with van der Waals surface area (Å²) in [5.41, 5.74) is 2.89. The van der Waals surface area contributed by atoms with Gasteiger partial charge in [-0.15, -0.1) is 0 Å². The minimum absolute atomic E-state index is 0.0117.